The van der Waals surface area contributed by atoms with Gasteiger partial charge in [-0.05, 0) is 24.7 Å². The van der Waals surface area contributed by atoms with Crippen LogP contribution in [0.15, 0.2) is 0 Å². The Morgan fingerprint density at radius 2 is 2.14 bits per heavy atom. The maximum atomic E-state index is 10.9. The maximum Gasteiger partial charge on any atom is 0.217 e. The van der Waals surface area contributed by atoms with Crippen molar-refractivity contribution in [2.45, 2.75) is 32.2 Å². The van der Waals surface area contributed by atoms with Crippen LogP contribution in [0.5, 0.6) is 0 Å². The fraction of sp³-hybridized carbons (Fsp3) is 0.800. The van der Waals surface area contributed by atoms with Crippen LogP contribution < -0.4 is 5.32 Å². The zero-order valence-corrected chi connectivity index (χ0v) is 8.45. The van der Waals surface area contributed by atoms with Crippen molar-refractivity contribution >= 4 is 12.3 Å². The Morgan fingerprint density at radius 1 is 1.50 bits per heavy atom. The van der Waals surface area contributed by atoms with E-state index < -0.39 is 0 Å². The van der Waals surface area contributed by atoms with Crippen molar-refractivity contribution in [2.24, 2.45) is 5.41 Å². The zero-order chi connectivity index (χ0) is 10.2. The molecule has 1 aliphatic heterocycles. The molecule has 1 N–H and O–H groups in total. The van der Waals surface area contributed by atoms with Crippen molar-refractivity contribution in [3.8, 4) is 0 Å². The third kappa shape index (κ3) is 1.61. The summed E-state index contributed by atoms with van der Waals surface area (Å²) in [5.74, 6) is 0.0599. The lowest BCUT2D eigenvalue weighted by atomic mass is 9.93. The van der Waals surface area contributed by atoms with Gasteiger partial charge in [-0.1, -0.05) is 0 Å². The van der Waals surface area contributed by atoms with Crippen LogP contribution in [0.2, 0.25) is 0 Å². The Kier molecular flexibility index (Phi) is 2.21. The molecule has 0 unspecified atom stereocenters. The van der Waals surface area contributed by atoms with Gasteiger partial charge in [0, 0.05) is 26.1 Å². The zero-order valence-electron chi connectivity index (χ0n) is 8.45. The summed E-state index contributed by atoms with van der Waals surface area (Å²) in [6.45, 7) is 3.26. The highest BCUT2D eigenvalue weighted by molar-refractivity contribution is 5.73. The predicted octanol–water partition coefficient (Wildman–Crippen LogP) is 0.133. The quantitative estimate of drug-likeness (QED) is 0.638. The van der Waals surface area contributed by atoms with Crippen LogP contribution in [0, 0.1) is 5.41 Å². The van der Waals surface area contributed by atoms with Gasteiger partial charge in [-0.15, -0.1) is 0 Å². The van der Waals surface area contributed by atoms with Crippen LogP contribution in [0.4, 0.5) is 0 Å². The summed E-state index contributed by atoms with van der Waals surface area (Å²) < 4.78 is 0. The number of nitrogens with zero attached hydrogens (tertiary/aromatic N) is 1. The van der Waals surface area contributed by atoms with Crippen LogP contribution >= 0.6 is 0 Å². The first-order chi connectivity index (χ1) is 6.66. The monoisotopic (exact) mass is 196 g/mol. The minimum Gasteiger partial charge on any atom is -0.353 e. The Morgan fingerprint density at radius 3 is 2.64 bits per heavy atom. The molecule has 1 aliphatic carbocycles. The van der Waals surface area contributed by atoms with E-state index in [0.717, 1.165) is 38.8 Å². The molecule has 0 aromatic carbocycles. The second kappa shape index (κ2) is 3.26. The normalized spacial score (nSPS) is 28.6. The molecule has 14 heavy (non-hydrogen) atoms. The van der Waals surface area contributed by atoms with Crippen molar-refractivity contribution in [1.29, 1.82) is 0 Å². The van der Waals surface area contributed by atoms with Crippen LogP contribution in [-0.2, 0) is 9.59 Å². The van der Waals surface area contributed by atoms with Gasteiger partial charge in [-0.2, -0.15) is 0 Å². The van der Waals surface area contributed by atoms with E-state index in [1.54, 1.807) is 6.92 Å². The molecule has 0 radical (unpaired) electrons. The van der Waals surface area contributed by atoms with Gasteiger partial charge in [-0.3, -0.25) is 9.59 Å². The molecule has 4 nitrogen and oxygen atoms in total. The van der Waals surface area contributed by atoms with Gasteiger partial charge in [0.15, 0.2) is 0 Å². The molecule has 0 aromatic heterocycles. The van der Waals surface area contributed by atoms with E-state index in [1.165, 1.54) is 0 Å². The molecule has 1 heterocycles. The minimum atomic E-state index is 0.0599. The number of likely N-dealkylation sites (tertiary alicyclic amines) is 1. The van der Waals surface area contributed by atoms with Crippen LogP contribution in [0.25, 0.3) is 0 Å². The van der Waals surface area contributed by atoms with Gasteiger partial charge in [0.25, 0.3) is 0 Å². The van der Waals surface area contributed by atoms with Crippen LogP contribution in [0.1, 0.15) is 26.2 Å². The number of amides is 2. The van der Waals surface area contributed by atoms with Gasteiger partial charge < -0.3 is 10.2 Å². The molecule has 2 rings (SSSR count). The summed E-state index contributed by atoms with van der Waals surface area (Å²) in [4.78, 5) is 23.2. The lowest BCUT2D eigenvalue weighted by Crippen LogP contribution is -2.37. The average Bonchev–Trinajstić information content (AvgIpc) is 2.79. The average molecular weight is 196 g/mol. The number of nitrogens with one attached hydrogen (secondary N) is 1. The van der Waals surface area contributed by atoms with E-state index in [2.05, 4.69) is 5.32 Å². The van der Waals surface area contributed by atoms with Crippen molar-refractivity contribution < 1.29 is 9.59 Å². The highest BCUT2D eigenvalue weighted by Crippen LogP contribution is 2.53. The van der Waals surface area contributed by atoms with Crippen LogP contribution in [-0.4, -0.2) is 36.3 Å². The third-order valence-corrected chi connectivity index (χ3v) is 3.51. The molecule has 1 saturated heterocycles. The molecule has 4 heteroatoms. The molecule has 78 valence electrons. The molecule has 0 aromatic rings. The van der Waals surface area contributed by atoms with Crippen molar-refractivity contribution in [1.82, 2.24) is 10.2 Å². The number of hydrogen-bond acceptors (Lipinski definition) is 2. The first-order valence-corrected chi connectivity index (χ1v) is 5.13. The number of piperidine rings is 1. The van der Waals surface area contributed by atoms with E-state index in [0.29, 0.717) is 11.5 Å². The lowest BCUT2D eigenvalue weighted by Gasteiger charge is -2.30. The van der Waals surface area contributed by atoms with E-state index in [4.69, 9.17) is 0 Å². The smallest absolute Gasteiger partial charge is 0.217 e. The Bertz CT molecular complexity index is 257. The molecule has 2 fully saturated rings. The summed E-state index contributed by atoms with van der Waals surface area (Å²) >= 11 is 0. The Hall–Kier alpha value is -1.06. The molecule has 2 aliphatic rings. The summed E-state index contributed by atoms with van der Waals surface area (Å²) in [6, 6.07) is 0.369. The van der Waals surface area contributed by atoms with Gasteiger partial charge in [0.2, 0.25) is 12.3 Å². The lowest BCUT2D eigenvalue weighted by molar-refractivity contribution is -0.121. The SMILES string of the molecule is CC(=O)N[C@@H]1CC12CCN(C=O)CC2. The first kappa shape index (κ1) is 9.49. The fourth-order valence-electron chi connectivity index (χ4n) is 2.42. The van der Waals surface area contributed by atoms with Gasteiger partial charge in [0.05, 0.1) is 0 Å². The molecular weight excluding hydrogens is 180 g/mol. The summed E-state index contributed by atoms with van der Waals surface area (Å²) in [6.07, 6.45) is 4.09. The van der Waals surface area contributed by atoms with E-state index in [9.17, 15) is 9.59 Å². The van der Waals surface area contributed by atoms with E-state index in [-0.39, 0.29) is 5.91 Å². The number of rotatable bonds is 2. The largest absolute Gasteiger partial charge is 0.353 e. The summed E-state index contributed by atoms with van der Waals surface area (Å²) in [5, 5.41) is 2.96. The van der Waals surface area contributed by atoms with Crippen molar-refractivity contribution in [3.63, 3.8) is 0 Å². The van der Waals surface area contributed by atoms with Gasteiger partial charge in [0.1, 0.15) is 0 Å². The van der Waals surface area contributed by atoms with Gasteiger partial charge in [-0.25, -0.2) is 0 Å². The number of hydrogen-bond donors (Lipinski definition) is 1. The molecule has 2 amide bonds. The standard InChI is InChI=1S/C10H16N2O2/c1-8(14)11-9-6-10(9)2-4-12(7-13)5-3-10/h7,9H,2-6H2,1H3,(H,11,14)/t9-/m1/s1. The third-order valence-electron chi connectivity index (χ3n) is 3.51. The highest BCUT2D eigenvalue weighted by Gasteiger charge is 2.55. The topological polar surface area (TPSA) is 49.4 Å². The highest BCUT2D eigenvalue weighted by atomic mass is 16.1. The van der Waals surface area contributed by atoms with Crippen LogP contribution in [0.3, 0.4) is 0 Å². The Balaban J connectivity index is 1.84. The van der Waals surface area contributed by atoms with Crippen molar-refractivity contribution in [2.75, 3.05) is 13.1 Å². The maximum absolute atomic E-state index is 10.9. The number of carbonyl (C=O) groups excluding carboxylic acids is 2. The first-order valence-electron chi connectivity index (χ1n) is 5.13. The van der Waals surface area contributed by atoms with E-state index in [1.807, 2.05) is 4.90 Å². The second-order valence-electron chi connectivity index (χ2n) is 4.46. The van der Waals surface area contributed by atoms with Crippen molar-refractivity contribution in [3.05, 3.63) is 0 Å². The Labute approximate surface area is 83.6 Å². The van der Waals surface area contributed by atoms with Gasteiger partial charge >= 0.3 is 0 Å². The molecule has 1 atom stereocenters. The summed E-state index contributed by atoms with van der Waals surface area (Å²) in [7, 11) is 0. The minimum absolute atomic E-state index is 0.0599. The van der Waals surface area contributed by atoms with E-state index >= 15 is 0 Å². The number of carbonyl (C=O) groups is 2. The molecule has 1 spiro atoms. The fourth-order valence-corrected chi connectivity index (χ4v) is 2.42. The second-order valence-corrected chi connectivity index (χ2v) is 4.46. The molecule has 1 saturated carbocycles. The predicted molar refractivity (Wildman–Crippen MR) is 51.5 cm³/mol. The molecular formula is C10H16N2O2. The summed E-state index contributed by atoms with van der Waals surface area (Å²) in [5.41, 5.74) is 0.325. The molecule has 0 bridgehead atoms.